The van der Waals surface area contributed by atoms with Crippen molar-refractivity contribution >= 4 is 6.03 Å². The van der Waals surface area contributed by atoms with Gasteiger partial charge >= 0.3 is 6.03 Å². The van der Waals surface area contributed by atoms with Crippen molar-refractivity contribution in [3.05, 3.63) is 27.9 Å². The summed E-state index contributed by atoms with van der Waals surface area (Å²) < 4.78 is 1.49. The zero-order valence-electron chi connectivity index (χ0n) is 14.5. The lowest BCUT2D eigenvalue weighted by molar-refractivity contribution is 0.187. The van der Waals surface area contributed by atoms with Crippen LogP contribution in [-0.4, -0.2) is 58.1 Å². The molecule has 23 heavy (non-hydrogen) atoms. The van der Waals surface area contributed by atoms with Gasteiger partial charge in [-0.2, -0.15) is 0 Å². The molecule has 2 rings (SSSR count). The van der Waals surface area contributed by atoms with Gasteiger partial charge in [0.2, 0.25) is 0 Å². The second kappa shape index (κ2) is 7.59. The monoisotopic (exact) mass is 321 g/mol. The lowest BCUT2D eigenvalue weighted by Crippen LogP contribution is -2.46. The molecule has 7 nitrogen and oxygen atoms in total. The molecule has 128 valence electrons. The summed E-state index contributed by atoms with van der Waals surface area (Å²) in [4.78, 5) is 32.5. The van der Waals surface area contributed by atoms with Gasteiger partial charge in [0.25, 0.3) is 5.56 Å². The van der Waals surface area contributed by atoms with E-state index in [9.17, 15) is 9.59 Å². The first-order chi connectivity index (χ1) is 10.9. The number of amides is 2. The Balaban J connectivity index is 1.88. The molecule has 2 heterocycles. The minimum atomic E-state index is -0.0873. The molecule has 1 aromatic heterocycles. The van der Waals surface area contributed by atoms with E-state index in [1.807, 2.05) is 0 Å². The molecule has 0 bridgehead atoms. The molecule has 7 heteroatoms. The maximum atomic E-state index is 12.3. The fourth-order valence-corrected chi connectivity index (χ4v) is 2.67. The third-order valence-electron chi connectivity index (χ3n) is 4.66. The summed E-state index contributed by atoms with van der Waals surface area (Å²) in [5.41, 5.74) is 1.44. The second-order valence-corrected chi connectivity index (χ2v) is 6.23. The van der Waals surface area contributed by atoms with Gasteiger partial charge in [-0.1, -0.05) is 6.92 Å². The number of urea groups is 1. The van der Waals surface area contributed by atoms with Crippen LogP contribution in [0.4, 0.5) is 4.79 Å². The number of hydrogen-bond donors (Lipinski definition) is 1. The molecule has 0 saturated heterocycles. The van der Waals surface area contributed by atoms with E-state index in [-0.39, 0.29) is 11.6 Å². The van der Waals surface area contributed by atoms with Gasteiger partial charge in [0.15, 0.2) is 0 Å². The average molecular weight is 321 g/mol. The lowest BCUT2D eigenvalue weighted by Gasteiger charge is -2.29. The minimum absolute atomic E-state index is 0.00904. The lowest BCUT2D eigenvalue weighted by atomic mass is 10.1. The van der Waals surface area contributed by atoms with Crippen LogP contribution < -0.4 is 10.9 Å². The Morgan fingerprint density at radius 1 is 1.52 bits per heavy atom. The van der Waals surface area contributed by atoms with Crippen LogP contribution in [0.25, 0.3) is 0 Å². The molecule has 0 fully saturated rings. The van der Waals surface area contributed by atoms with Crippen LogP contribution in [0.2, 0.25) is 0 Å². The highest BCUT2D eigenvalue weighted by Crippen LogP contribution is 2.13. The van der Waals surface area contributed by atoms with Crippen LogP contribution in [0.5, 0.6) is 0 Å². The van der Waals surface area contributed by atoms with Crippen LogP contribution in [0.1, 0.15) is 31.5 Å². The second-order valence-electron chi connectivity index (χ2n) is 6.23. The standard InChI is InChI=1S/C16H27N5O2/c1-5-12(2)19(3)9-7-17-16(23)21-8-6-13-14(10-21)18-11-20(4)15(13)22/h11-12H,5-10H2,1-4H3,(H,17,23)/t12-/m0/s1. The molecular formula is C16H27N5O2. The van der Waals surface area contributed by atoms with Crippen LogP contribution in [0, 0.1) is 0 Å². The number of rotatable bonds is 5. The number of carbonyl (C=O) groups excluding carboxylic acids is 1. The van der Waals surface area contributed by atoms with Crippen LogP contribution >= 0.6 is 0 Å². The number of nitrogens with zero attached hydrogens (tertiary/aromatic N) is 4. The van der Waals surface area contributed by atoms with Crippen LogP contribution in [0.3, 0.4) is 0 Å². The van der Waals surface area contributed by atoms with Crippen molar-refractivity contribution < 1.29 is 4.79 Å². The largest absolute Gasteiger partial charge is 0.337 e. The van der Waals surface area contributed by atoms with E-state index in [0.29, 0.717) is 37.8 Å². The minimum Gasteiger partial charge on any atom is -0.337 e. The molecule has 1 atom stereocenters. The first-order valence-electron chi connectivity index (χ1n) is 8.20. The fraction of sp³-hybridized carbons (Fsp3) is 0.688. The quantitative estimate of drug-likeness (QED) is 0.861. The summed E-state index contributed by atoms with van der Waals surface area (Å²) in [5, 5.41) is 2.95. The number of hydrogen-bond acceptors (Lipinski definition) is 4. The number of aryl methyl sites for hydroxylation is 1. The van der Waals surface area contributed by atoms with E-state index in [1.54, 1.807) is 11.9 Å². The van der Waals surface area contributed by atoms with Crippen molar-refractivity contribution in [3.8, 4) is 0 Å². The number of nitrogens with one attached hydrogen (secondary N) is 1. The highest BCUT2D eigenvalue weighted by molar-refractivity contribution is 5.74. The Morgan fingerprint density at radius 3 is 2.96 bits per heavy atom. The maximum Gasteiger partial charge on any atom is 0.317 e. The summed E-state index contributed by atoms with van der Waals surface area (Å²) >= 11 is 0. The first kappa shape index (κ1) is 17.5. The van der Waals surface area contributed by atoms with Gasteiger partial charge in [0.1, 0.15) is 0 Å². The highest BCUT2D eigenvalue weighted by atomic mass is 16.2. The smallest absolute Gasteiger partial charge is 0.317 e. The highest BCUT2D eigenvalue weighted by Gasteiger charge is 2.23. The van der Waals surface area contributed by atoms with E-state index in [4.69, 9.17) is 0 Å². The number of likely N-dealkylation sites (N-methyl/N-ethyl adjacent to an activating group) is 1. The fourth-order valence-electron chi connectivity index (χ4n) is 2.67. The summed E-state index contributed by atoms with van der Waals surface area (Å²) in [6, 6.07) is 0.421. The maximum absolute atomic E-state index is 12.3. The van der Waals surface area contributed by atoms with E-state index in [2.05, 4.69) is 36.1 Å². The van der Waals surface area contributed by atoms with Crippen molar-refractivity contribution in [3.63, 3.8) is 0 Å². The van der Waals surface area contributed by atoms with Crippen LogP contribution in [0.15, 0.2) is 11.1 Å². The van der Waals surface area contributed by atoms with E-state index in [1.165, 1.54) is 10.9 Å². The van der Waals surface area contributed by atoms with E-state index in [0.717, 1.165) is 18.5 Å². The van der Waals surface area contributed by atoms with Crippen molar-refractivity contribution in [1.82, 2.24) is 24.7 Å². The third kappa shape index (κ3) is 4.10. The molecule has 0 spiro atoms. The van der Waals surface area contributed by atoms with Crippen molar-refractivity contribution in [1.29, 1.82) is 0 Å². The van der Waals surface area contributed by atoms with E-state index < -0.39 is 0 Å². The first-order valence-corrected chi connectivity index (χ1v) is 8.20. The molecule has 1 aliphatic heterocycles. The van der Waals surface area contributed by atoms with Gasteiger partial charge in [-0.15, -0.1) is 0 Å². The van der Waals surface area contributed by atoms with Gasteiger partial charge in [-0.05, 0) is 26.8 Å². The molecule has 2 amide bonds. The molecule has 0 unspecified atom stereocenters. The van der Waals surface area contributed by atoms with Gasteiger partial charge < -0.3 is 19.7 Å². The van der Waals surface area contributed by atoms with Gasteiger partial charge in [-0.25, -0.2) is 9.78 Å². The zero-order chi connectivity index (χ0) is 17.0. The molecule has 1 aliphatic rings. The van der Waals surface area contributed by atoms with Gasteiger partial charge in [-0.3, -0.25) is 4.79 Å². The topological polar surface area (TPSA) is 70.5 Å². The van der Waals surface area contributed by atoms with E-state index >= 15 is 0 Å². The summed E-state index contributed by atoms with van der Waals surface area (Å²) in [6.07, 6.45) is 3.17. The summed E-state index contributed by atoms with van der Waals surface area (Å²) in [5.74, 6) is 0. The Labute approximate surface area is 137 Å². The molecule has 0 aromatic carbocycles. The SMILES string of the molecule is CC[C@H](C)N(C)CCNC(=O)N1CCc2c(ncn(C)c2=O)C1. The molecule has 1 aromatic rings. The van der Waals surface area contributed by atoms with Crippen molar-refractivity contribution in [2.45, 2.75) is 39.3 Å². The number of carbonyl (C=O) groups is 1. The summed E-state index contributed by atoms with van der Waals surface area (Å²) in [6.45, 7) is 6.73. The molecule has 1 N–H and O–H groups in total. The van der Waals surface area contributed by atoms with Gasteiger partial charge in [0.05, 0.1) is 18.6 Å². The van der Waals surface area contributed by atoms with Crippen LogP contribution in [-0.2, 0) is 20.0 Å². The van der Waals surface area contributed by atoms with Crippen molar-refractivity contribution in [2.24, 2.45) is 7.05 Å². The Kier molecular flexibility index (Phi) is 5.76. The molecule has 0 aliphatic carbocycles. The normalized spacial score (nSPS) is 15.4. The predicted molar refractivity (Wildman–Crippen MR) is 89.4 cm³/mol. The Hall–Kier alpha value is -1.89. The summed E-state index contributed by atoms with van der Waals surface area (Å²) in [7, 11) is 3.76. The Morgan fingerprint density at radius 2 is 2.26 bits per heavy atom. The molecule has 0 radical (unpaired) electrons. The number of aromatic nitrogens is 2. The zero-order valence-corrected chi connectivity index (χ0v) is 14.5. The Bertz CT molecular complexity index is 613. The number of fused-ring (bicyclic) bond motifs is 1. The molecule has 0 saturated carbocycles. The van der Waals surface area contributed by atoms with Crippen molar-refractivity contribution in [2.75, 3.05) is 26.7 Å². The third-order valence-corrected chi connectivity index (χ3v) is 4.66. The molecular weight excluding hydrogens is 294 g/mol. The van der Waals surface area contributed by atoms with Gasteiger partial charge in [0, 0.05) is 38.3 Å². The predicted octanol–water partition coefficient (Wildman–Crippen LogP) is 0.578. The average Bonchev–Trinajstić information content (AvgIpc) is 2.56.